The van der Waals surface area contributed by atoms with Crippen LogP contribution in [0.3, 0.4) is 0 Å². The number of piperazine rings is 1. The highest BCUT2D eigenvalue weighted by atomic mass is 16.5. The van der Waals surface area contributed by atoms with E-state index in [0.29, 0.717) is 43.4 Å². The van der Waals surface area contributed by atoms with Gasteiger partial charge in [0.2, 0.25) is 0 Å². The van der Waals surface area contributed by atoms with Crippen LogP contribution in [-0.4, -0.2) is 72.9 Å². The van der Waals surface area contributed by atoms with Crippen LogP contribution >= 0.6 is 0 Å². The summed E-state index contributed by atoms with van der Waals surface area (Å²) in [6.45, 7) is 4.49. The standard InChI is InChI=1S/C24H28N2O4/c27-16-19-14-25-9-10-26(15-20(25)23(19)17-5-2-1-3-6-17)24(28)18-7-8-21-22(13-18)30-12-4-11-29-21/h1-3,5-8,13,19-20,23,27H,4,9-12,14-16H2/t19-,20+,23-/m0/s1. The van der Waals surface area contributed by atoms with Gasteiger partial charge in [-0.25, -0.2) is 0 Å². The molecule has 0 bridgehead atoms. The number of nitrogens with zero attached hydrogens (tertiary/aromatic N) is 2. The molecule has 6 nitrogen and oxygen atoms in total. The van der Waals surface area contributed by atoms with Crippen molar-refractivity contribution in [2.75, 3.05) is 46.0 Å². The summed E-state index contributed by atoms with van der Waals surface area (Å²) in [7, 11) is 0. The maximum atomic E-state index is 13.3. The molecule has 0 aromatic heterocycles. The number of fused-ring (bicyclic) bond motifs is 2. The molecule has 1 N–H and O–H groups in total. The predicted molar refractivity (Wildman–Crippen MR) is 113 cm³/mol. The van der Waals surface area contributed by atoms with Crippen LogP contribution < -0.4 is 9.47 Å². The summed E-state index contributed by atoms with van der Waals surface area (Å²) in [6, 6.07) is 16.1. The number of amides is 1. The molecular weight excluding hydrogens is 380 g/mol. The van der Waals surface area contributed by atoms with Crippen molar-refractivity contribution in [2.45, 2.75) is 18.4 Å². The van der Waals surface area contributed by atoms with E-state index in [4.69, 9.17) is 9.47 Å². The van der Waals surface area contributed by atoms with Crippen LogP contribution in [0.5, 0.6) is 11.5 Å². The van der Waals surface area contributed by atoms with E-state index in [9.17, 15) is 9.90 Å². The first-order chi connectivity index (χ1) is 14.7. The first-order valence-corrected chi connectivity index (χ1v) is 10.8. The third kappa shape index (κ3) is 3.55. The van der Waals surface area contributed by atoms with Gasteiger partial charge in [-0.15, -0.1) is 0 Å². The second kappa shape index (κ2) is 8.28. The summed E-state index contributed by atoms with van der Waals surface area (Å²) >= 11 is 0. The monoisotopic (exact) mass is 408 g/mol. The van der Waals surface area contributed by atoms with E-state index in [2.05, 4.69) is 29.2 Å². The highest BCUT2D eigenvalue weighted by molar-refractivity contribution is 5.95. The molecule has 0 aliphatic carbocycles. The quantitative estimate of drug-likeness (QED) is 0.845. The molecule has 3 aliphatic rings. The molecule has 2 fully saturated rings. The molecule has 3 aliphatic heterocycles. The molecule has 2 aromatic carbocycles. The summed E-state index contributed by atoms with van der Waals surface area (Å²) in [5, 5.41) is 10.0. The smallest absolute Gasteiger partial charge is 0.254 e. The number of carbonyl (C=O) groups excluding carboxylic acids is 1. The Morgan fingerprint density at radius 3 is 2.60 bits per heavy atom. The number of hydrogen-bond donors (Lipinski definition) is 1. The van der Waals surface area contributed by atoms with Crippen molar-refractivity contribution in [2.24, 2.45) is 5.92 Å². The van der Waals surface area contributed by atoms with Crippen molar-refractivity contribution >= 4 is 5.91 Å². The van der Waals surface area contributed by atoms with E-state index in [-0.39, 0.29) is 30.4 Å². The van der Waals surface area contributed by atoms with Gasteiger partial charge in [-0.3, -0.25) is 9.69 Å². The Labute approximate surface area is 177 Å². The molecule has 2 saturated heterocycles. The highest BCUT2D eigenvalue weighted by Gasteiger charge is 2.45. The molecule has 3 atom stereocenters. The summed E-state index contributed by atoms with van der Waals surface area (Å²) in [6.07, 6.45) is 0.842. The van der Waals surface area contributed by atoms with Gasteiger partial charge in [0.1, 0.15) is 0 Å². The first-order valence-electron chi connectivity index (χ1n) is 10.8. The van der Waals surface area contributed by atoms with Crippen molar-refractivity contribution < 1.29 is 19.4 Å². The van der Waals surface area contributed by atoms with Crippen LogP contribution in [0.25, 0.3) is 0 Å². The number of ether oxygens (including phenoxy) is 2. The number of rotatable bonds is 3. The Morgan fingerprint density at radius 2 is 1.80 bits per heavy atom. The van der Waals surface area contributed by atoms with Crippen molar-refractivity contribution in [1.29, 1.82) is 0 Å². The maximum absolute atomic E-state index is 13.3. The molecule has 30 heavy (non-hydrogen) atoms. The van der Waals surface area contributed by atoms with E-state index in [1.165, 1.54) is 5.56 Å². The summed E-state index contributed by atoms with van der Waals surface area (Å²) in [5.74, 6) is 1.82. The zero-order valence-corrected chi connectivity index (χ0v) is 17.1. The minimum atomic E-state index is 0.0320. The lowest BCUT2D eigenvalue weighted by atomic mass is 9.84. The van der Waals surface area contributed by atoms with Crippen molar-refractivity contribution in [3.05, 3.63) is 59.7 Å². The Balaban J connectivity index is 1.37. The van der Waals surface area contributed by atoms with Gasteiger partial charge in [0.05, 0.1) is 13.2 Å². The molecule has 0 radical (unpaired) electrons. The first kappa shape index (κ1) is 19.4. The number of benzene rings is 2. The molecule has 0 unspecified atom stereocenters. The summed E-state index contributed by atoms with van der Waals surface area (Å²) in [5.41, 5.74) is 1.88. The van der Waals surface area contributed by atoms with E-state index in [1.807, 2.05) is 29.2 Å². The number of carbonyl (C=O) groups is 1. The Bertz CT molecular complexity index is 903. The van der Waals surface area contributed by atoms with Crippen LogP contribution in [-0.2, 0) is 0 Å². The van der Waals surface area contributed by atoms with Crippen LogP contribution in [0.15, 0.2) is 48.5 Å². The molecular formula is C24H28N2O4. The van der Waals surface area contributed by atoms with Gasteiger partial charge in [0.15, 0.2) is 11.5 Å². The minimum absolute atomic E-state index is 0.0320. The lowest BCUT2D eigenvalue weighted by Gasteiger charge is -2.39. The lowest BCUT2D eigenvalue weighted by molar-refractivity contribution is 0.0555. The third-order valence-electron chi connectivity index (χ3n) is 6.63. The number of aliphatic hydroxyl groups excluding tert-OH is 1. The second-order valence-electron chi connectivity index (χ2n) is 8.40. The lowest BCUT2D eigenvalue weighted by Crippen LogP contribution is -2.53. The topological polar surface area (TPSA) is 62.2 Å². The van der Waals surface area contributed by atoms with Crippen LogP contribution in [0.2, 0.25) is 0 Å². The molecule has 158 valence electrons. The summed E-state index contributed by atoms with van der Waals surface area (Å²) < 4.78 is 11.5. The number of hydrogen-bond acceptors (Lipinski definition) is 5. The van der Waals surface area contributed by atoms with Gasteiger partial charge in [-0.05, 0) is 23.8 Å². The summed E-state index contributed by atoms with van der Waals surface area (Å²) in [4.78, 5) is 17.7. The van der Waals surface area contributed by atoms with Gasteiger partial charge in [-0.2, -0.15) is 0 Å². The molecule has 2 aromatic rings. The van der Waals surface area contributed by atoms with E-state index in [1.54, 1.807) is 0 Å². The van der Waals surface area contributed by atoms with Crippen molar-refractivity contribution in [3.63, 3.8) is 0 Å². The molecule has 6 heteroatoms. The third-order valence-corrected chi connectivity index (χ3v) is 6.63. The zero-order valence-electron chi connectivity index (χ0n) is 17.1. The van der Waals surface area contributed by atoms with Crippen molar-refractivity contribution in [3.8, 4) is 11.5 Å². The molecule has 0 saturated carbocycles. The fourth-order valence-electron chi connectivity index (χ4n) is 5.15. The molecule has 3 heterocycles. The minimum Gasteiger partial charge on any atom is -0.490 e. The maximum Gasteiger partial charge on any atom is 0.254 e. The largest absolute Gasteiger partial charge is 0.490 e. The van der Waals surface area contributed by atoms with Gasteiger partial charge in [0.25, 0.3) is 5.91 Å². The zero-order chi connectivity index (χ0) is 20.5. The fourth-order valence-corrected chi connectivity index (χ4v) is 5.15. The predicted octanol–water partition coefficient (Wildman–Crippen LogP) is 2.38. The average molecular weight is 408 g/mol. The molecule has 0 spiro atoms. The Hall–Kier alpha value is -2.57. The Morgan fingerprint density at radius 1 is 1.00 bits per heavy atom. The normalized spacial score (nSPS) is 26.2. The average Bonchev–Trinajstić information content (AvgIpc) is 3.00. The van der Waals surface area contributed by atoms with Crippen LogP contribution in [0.4, 0.5) is 0 Å². The number of aliphatic hydroxyl groups is 1. The van der Waals surface area contributed by atoms with Gasteiger partial charge in [0, 0.05) is 62.6 Å². The van der Waals surface area contributed by atoms with Gasteiger partial charge >= 0.3 is 0 Å². The van der Waals surface area contributed by atoms with E-state index >= 15 is 0 Å². The van der Waals surface area contributed by atoms with E-state index < -0.39 is 0 Å². The van der Waals surface area contributed by atoms with Gasteiger partial charge < -0.3 is 19.5 Å². The highest BCUT2D eigenvalue weighted by Crippen LogP contribution is 2.40. The van der Waals surface area contributed by atoms with Gasteiger partial charge in [-0.1, -0.05) is 30.3 Å². The fraction of sp³-hybridized carbons (Fsp3) is 0.458. The Kier molecular flexibility index (Phi) is 5.35. The van der Waals surface area contributed by atoms with Crippen molar-refractivity contribution in [1.82, 2.24) is 9.80 Å². The van der Waals surface area contributed by atoms with Crippen LogP contribution in [0, 0.1) is 5.92 Å². The van der Waals surface area contributed by atoms with E-state index in [0.717, 1.165) is 19.5 Å². The SMILES string of the molecule is O=C(c1ccc2c(c1)OCCCO2)N1CCN2C[C@@H](CO)[C@H](c3ccccc3)[C@H]2C1. The molecule has 1 amide bonds. The molecule has 5 rings (SSSR count). The van der Waals surface area contributed by atoms with Crippen LogP contribution in [0.1, 0.15) is 28.3 Å². The second-order valence-corrected chi connectivity index (χ2v) is 8.40.